The largest absolute Gasteiger partial charge is 0.355 e. The molecule has 0 amide bonds. The monoisotopic (exact) mass is 275 g/mol. The van der Waals surface area contributed by atoms with Crippen LogP contribution in [0.4, 0.5) is 5.82 Å². The zero-order valence-electron chi connectivity index (χ0n) is 7.52. The zero-order valence-corrected chi connectivity index (χ0v) is 9.92. The van der Waals surface area contributed by atoms with Crippen LogP contribution in [0.3, 0.4) is 0 Å². The van der Waals surface area contributed by atoms with Gasteiger partial charge in [0.05, 0.1) is 0 Å². The average Bonchev–Trinajstić information content (AvgIpc) is 2.19. The Bertz CT molecular complexity index is 350. The van der Waals surface area contributed by atoms with Gasteiger partial charge in [-0.05, 0) is 15.9 Å². The molecule has 0 N–H and O–H groups in total. The van der Waals surface area contributed by atoms with Crippen LogP contribution in [0.2, 0.25) is 0 Å². The molecule has 0 saturated carbocycles. The number of hydrogen-bond acceptors (Lipinski definition) is 4. The molecule has 2 rings (SSSR count). The quantitative estimate of drug-likeness (QED) is 0.712. The van der Waals surface area contributed by atoms with Gasteiger partial charge in [0.25, 0.3) is 0 Å². The number of hydrogen-bond donors (Lipinski definition) is 0. The van der Waals surface area contributed by atoms with Crippen LogP contribution >= 0.6 is 15.9 Å². The lowest BCUT2D eigenvalue weighted by molar-refractivity contribution is 0.672. The van der Waals surface area contributed by atoms with Crippen LogP contribution in [0, 0.1) is 0 Å². The highest BCUT2D eigenvalue weighted by Gasteiger charge is 2.16. The van der Waals surface area contributed by atoms with E-state index < -0.39 is 10.8 Å². The van der Waals surface area contributed by atoms with E-state index in [9.17, 15) is 4.21 Å². The second-order valence-electron chi connectivity index (χ2n) is 3.03. The highest BCUT2D eigenvalue weighted by molar-refractivity contribution is 9.10. The zero-order chi connectivity index (χ0) is 9.97. The summed E-state index contributed by atoms with van der Waals surface area (Å²) < 4.78 is 11.9. The molecule has 1 aromatic heterocycles. The molecule has 0 spiro atoms. The van der Waals surface area contributed by atoms with E-state index in [0.29, 0.717) is 0 Å². The van der Waals surface area contributed by atoms with Gasteiger partial charge in [0.1, 0.15) is 16.7 Å². The van der Waals surface area contributed by atoms with Crippen LogP contribution < -0.4 is 4.90 Å². The van der Waals surface area contributed by atoms with Crippen molar-refractivity contribution in [3.63, 3.8) is 0 Å². The van der Waals surface area contributed by atoms with Crippen molar-refractivity contribution in [1.82, 2.24) is 9.97 Å². The van der Waals surface area contributed by atoms with Gasteiger partial charge >= 0.3 is 0 Å². The summed E-state index contributed by atoms with van der Waals surface area (Å²) in [5.41, 5.74) is 0. The maximum Gasteiger partial charge on any atom is 0.133 e. The fourth-order valence-corrected chi connectivity index (χ4v) is 2.71. The van der Waals surface area contributed by atoms with E-state index in [4.69, 9.17) is 0 Å². The van der Waals surface area contributed by atoms with E-state index >= 15 is 0 Å². The maximum atomic E-state index is 11.1. The van der Waals surface area contributed by atoms with Crippen molar-refractivity contribution in [2.45, 2.75) is 0 Å². The highest BCUT2D eigenvalue weighted by atomic mass is 79.9. The van der Waals surface area contributed by atoms with Gasteiger partial charge in [-0.15, -0.1) is 0 Å². The Morgan fingerprint density at radius 2 is 2.07 bits per heavy atom. The number of nitrogens with zero attached hydrogens (tertiary/aromatic N) is 3. The Hall–Kier alpha value is -0.490. The van der Waals surface area contributed by atoms with E-state index in [0.717, 1.165) is 35.0 Å². The minimum absolute atomic E-state index is 0.637. The highest BCUT2D eigenvalue weighted by Crippen LogP contribution is 2.16. The summed E-state index contributed by atoms with van der Waals surface area (Å²) in [5, 5.41) is 0. The van der Waals surface area contributed by atoms with E-state index in [-0.39, 0.29) is 0 Å². The molecular weight excluding hydrogens is 266 g/mol. The van der Waals surface area contributed by atoms with Crippen LogP contribution in [0.5, 0.6) is 0 Å². The molecular formula is C8H10BrN3OS. The summed E-state index contributed by atoms with van der Waals surface area (Å²) in [4.78, 5) is 10.3. The lowest BCUT2D eigenvalue weighted by Crippen LogP contribution is -2.38. The standard InChI is InChI=1S/C8H10BrN3OS/c9-7-5-8(11-6-10-7)12-1-3-14(13)4-2-12/h5-6H,1-4H2. The van der Waals surface area contributed by atoms with Gasteiger partial charge < -0.3 is 4.90 Å². The van der Waals surface area contributed by atoms with Gasteiger partial charge in [-0.25, -0.2) is 9.97 Å². The molecule has 1 aromatic rings. The SMILES string of the molecule is O=S1CCN(c2cc(Br)ncn2)CC1. The first kappa shape index (κ1) is 10.0. The minimum atomic E-state index is -0.637. The summed E-state index contributed by atoms with van der Waals surface area (Å²) in [5.74, 6) is 2.38. The van der Waals surface area contributed by atoms with Crippen molar-refractivity contribution in [1.29, 1.82) is 0 Å². The molecule has 0 bridgehead atoms. The third kappa shape index (κ3) is 2.30. The van der Waals surface area contributed by atoms with Crippen molar-refractivity contribution < 1.29 is 4.21 Å². The molecule has 1 aliphatic heterocycles. The summed E-state index contributed by atoms with van der Waals surface area (Å²) in [6.07, 6.45) is 1.53. The lowest BCUT2D eigenvalue weighted by atomic mass is 10.4. The molecule has 0 radical (unpaired) electrons. The van der Waals surface area contributed by atoms with E-state index in [1.165, 1.54) is 6.33 Å². The summed E-state index contributed by atoms with van der Waals surface area (Å²) in [6, 6.07) is 1.88. The van der Waals surface area contributed by atoms with Crippen LogP contribution in [0.15, 0.2) is 17.0 Å². The normalized spacial score (nSPS) is 18.5. The molecule has 14 heavy (non-hydrogen) atoms. The summed E-state index contributed by atoms with van der Waals surface area (Å²) in [7, 11) is -0.637. The van der Waals surface area contributed by atoms with Gasteiger partial charge in [0.15, 0.2) is 0 Å². The Morgan fingerprint density at radius 1 is 1.36 bits per heavy atom. The minimum Gasteiger partial charge on any atom is -0.355 e. The first-order valence-electron chi connectivity index (χ1n) is 4.33. The van der Waals surface area contributed by atoms with E-state index in [1.54, 1.807) is 0 Å². The summed E-state index contributed by atoms with van der Waals surface area (Å²) in [6.45, 7) is 1.63. The van der Waals surface area contributed by atoms with Crippen LogP contribution in [-0.2, 0) is 10.8 Å². The van der Waals surface area contributed by atoms with Gasteiger partial charge in [0, 0.05) is 41.5 Å². The molecule has 1 saturated heterocycles. The van der Waals surface area contributed by atoms with Crippen molar-refractivity contribution in [3.8, 4) is 0 Å². The second-order valence-corrected chi connectivity index (χ2v) is 5.54. The average molecular weight is 276 g/mol. The summed E-state index contributed by atoms with van der Waals surface area (Å²) >= 11 is 3.30. The lowest BCUT2D eigenvalue weighted by Gasteiger charge is -2.27. The molecule has 6 heteroatoms. The fourth-order valence-electron chi connectivity index (χ4n) is 1.36. The predicted molar refractivity (Wildman–Crippen MR) is 59.8 cm³/mol. The smallest absolute Gasteiger partial charge is 0.133 e. The third-order valence-electron chi connectivity index (χ3n) is 2.12. The van der Waals surface area contributed by atoms with E-state index in [2.05, 4.69) is 30.8 Å². The van der Waals surface area contributed by atoms with Gasteiger partial charge in [-0.3, -0.25) is 4.21 Å². The number of anilines is 1. The molecule has 4 nitrogen and oxygen atoms in total. The molecule has 1 fully saturated rings. The number of rotatable bonds is 1. The second kappa shape index (κ2) is 4.35. The van der Waals surface area contributed by atoms with Gasteiger partial charge in [0.2, 0.25) is 0 Å². The number of aromatic nitrogens is 2. The van der Waals surface area contributed by atoms with Gasteiger partial charge in [-0.1, -0.05) is 0 Å². The van der Waals surface area contributed by atoms with Crippen LogP contribution in [-0.4, -0.2) is 38.8 Å². The molecule has 0 aliphatic carbocycles. The maximum absolute atomic E-state index is 11.1. The Kier molecular flexibility index (Phi) is 3.12. The first-order chi connectivity index (χ1) is 6.75. The molecule has 0 aromatic carbocycles. The Balaban J connectivity index is 2.12. The van der Waals surface area contributed by atoms with Crippen molar-refractivity contribution in [3.05, 3.63) is 17.0 Å². The third-order valence-corrected chi connectivity index (χ3v) is 3.83. The molecule has 0 atom stereocenters. The topological polar surface area (TPSA) is 46.1 Å². The number of halogens is 1. The molecule has 0 unspecified atom stereocenters. The van der Waals surface area contributed by atoms with Crippen molar-refractivity contribution in [2.24, 2.45) is 0 Å². The van der Waals surface area contributed by atoms with Crippen LogP contribution in [0.25, 0.3) is 0 Å². The van der Waals surface area contributed by atoms with Crippen molar-refractivity contribution in [2.75, 3.05) is 29.5 Å². The predicted octanol–water partition coefficient (Wildman–Crippen LogP) is 0.808. The molecule has 2 heterocycles. The first-order valence-corrected chi connectivity index (χ1v) is 6.61. The van der Waals surface area contributed by atoms with E-state index in [1.807, 2.05) is 6.07 Å². The fraction of sp³-hybridized carbons (Fsp3) is 0.500. The van der Waals surface area contributed by atoms with Gasteiger partial charge in [-0.2, -0.15) is 0 Å². The Labute approximate surface area is 93.3 Å². The Morgan fingerprint density at radius 3 is 2.71 bits per heavy atom. The van der Waals surface area contributed by atoms with Crippen molar-refractivity contribution >= 4 is 32.5 Å². The molecule has 1 aliphatic rings. The molecule has 76 valence electrons. The van der Waals surface area contributed by atoms with Crippen LogP contribution in [0.1, 0.15) is 0 Å².